The number of piperidine rings is 1. The molecule has 0 bridgehead atoms. The molecule has 4 aromatic rings. The van der Waals surface area contributed by atoms with Gasteiger partial charge >= 0.3 is 17.3 Å². The summed E-state index contributed by atoms with van der Waals surface area (Å²) >= 11 is 0. The van der Waals surface area contributed by atoms with E-state index in [0.29, 0.717) is 65.6 Å². The lowest BCUT2D eigenvalue weighted by Gasteiger charge is -2.31. The lowest BCUT2D eigenvalue weighted by Crippen LogP contribution is -2.38. The summed E-state index contributed by atoms with van der Waals surface area (Å²) in [4.78, 5) is 44.2. The van der Waals surface area contributed by atoms with Gasteiger partial charge < -0.3 is 29.2 Å². The lowest BCUT2D eigenvalue weighted by molar-refractivity contribution is -0.386. The Hall–Kier alpha value is -5.13. The summed E-state index contributed by atoms with van der Waals surface area (Å²) < 4.78 is 17.9. The van der Waals surface area contributed by atoms with E-state index in [-0.39, 0.29) is 24.7 Å². The van der Waals surface area contributed by atoms with E-state index in [9.17, 15) is 24.8 Å². The fourth-order valence-electron chi connectivity index (χ4n) is 5.58. The summed E-state index contributed by atoms with van der Waals surface area (Å²) in [5, 5.41) is 21.8. The maximum atomic E-state index is 12.7. The normalized spacial score (nSPS) is 16.5. The van der Waals surface area contributed by atoms with Gasteiger partial charge in [-0.2, -0.15) is 0 Å². The smallest absolute Gasteiger partial charge is 0.407 e. The first-order chi connectivity index (χ1) is 21.3. The Bertz CT molecular complexity index is 1770. The molecule has 2 aliphatic rings. The molecule has 1 aliphatic heterocycles. The van der Waals surface area contributed by atoms with Gasteiger partial charge in [0.1, 0.15) is 29.5 Å². The van der Waals surface area contributed by atoms with E-state index in [4.69, 9.17) is 19.2 Å². The number of pyridine rings is 2. The van der Waals surface area contributed by atoms with Gasteiger partial charge in [-0.15, -0.1) is 0 Å². The van der Waals surface area contributed by atoms with E-state index in [1.807, 2.05) is 48.5 Å². The molecule has 3 heterocycles. The lowest BCUT2D eigenvalue weighted by atomic mass is 9.88. The van der Waals surface area contributed by atoms with Crippen molar-refractivity contribution in [3.63, 3.8) is 0 Å². The van der Waals surface area contributed by atoms with Gasteiger partial charge in [0.2, 0.25) is 0 Å². The van der Waals surface area contributed by atoms with Gasteiger partial charge in [-0.25, -0.2) is 9.78 Å². The van der Waals surface area contributed by atoms with E-state index < -0.39 is 22.3 Å². The van der Waals surface area contributed by atoms with Crippen LogP contribution in [-0.2, 0) is 6.61 Å². The van der Waals surface area contributed by atoms with Crippen molar-refractivity contribution in [2.24, 2.45) is 5.92 Å². The molecule has 2 aromatic heterocycles. The van der Waals surface area contributed by atoms with Gasteiger partial charge in [-0.3, -0.25) is 14.9 Å². The Balaban J connectivity index is 1.48. The van der Waals surface area contributed by atoms with Crippen molar-refractivity contribution in [1.82, 2.24) is 14.9 Å². The average molecular weight is 601 g/mol. The van der Waals surface area contributed by atoms with Crippen molar-refractivity contribution < 1.29 is 29.0 Å². The number of ether oxygens (including phenoxy) is 3. The number of nitro groups is 1. The van der Waals surface area contributed by atoms with Crippen LogP contribution in [0.15, 0.2) is 59.4 Å². The molecule has 1 saturated heterocycles. The molecule has 12 heteroatoms. The molecule has 12 nitrogen and oxygen atoms in total. The molecule has 2 N–H and O–H groups in total. The van der Waals surface area contributed by atoms with Crippen LogP contribution in [0.25, 0.3) is 22.3 Å². The van der Waals surface area contributed by atoms with Gasteiger partial charge in [0.15, 0.2) is 0 Å². The van der Waals surface area contributed by atoms with E-state index in [1.54, 1.807) is 7.11 Å². The van der Waals surface area contributed by atoms with Crippen LogP contribution in [0.3, 0.4) is 0 Å². The molecular formula is C32H32N4O8. The van der Waals surface area contributed by atoms with Crippen LogP contribution in [-0.4, -0.2) is 57.8 Å². The molecule has 1 atom stereocenters. The van der Waals surface area contributed by atoms with Crippen LogP contribution in [0.1, 0.15) is 42.7 Å². The number of hydrogen-bond donors (Lipinski definition) is 2. The van der Waals surface area contributed by atoms with E-state index in [2.05, 4.69) is 4.98 Å². The molecule has 228 valence electrons. The van der Waals surface area contributed by atoms with Crippen molar-refractivity contribution >= 4 is 22.8 Å². The van der Waals surface area contributed by atoms with Crippen LogP contribution in [0, 0.1) is 16.0 Å². The first-order valence-electron chi connectivity index (χ1n) is 14.5. The highest BCUT2D eigenvalue weighted by Crippen LogP contribution is 2.42. The fraction of sp³-hybridized carbons (Fsp3) is 0.344. The second-order valence-corrected chi connectivity index (χ2v) is 11.2. The third-order valence-corrected chi connectivity index (χ3v) is 8.13. The highest BCUT2D eigenvalue weighted by Gasteiger charge is 2.29. The van der Waals surface area contributed by atoms with Crippen LogP contribution in [0.5, 0.6) is 17.2 Å². The summed E-state index contributed by atoms with van der Waals surface area (Å²) in [6.45, 7) is 1.40. The minimum absolute atomic E-state index is 0.165. The minimum atomic E-state index is -1.03. The summed E-state index contributed by atoms with van der Waals surface area (Å²) in [5.41, 5.74) is 1.29. The zero-order valence-electron chi connectivity index (χ0n) is 24.2. The summed E-state index contributed by atoms with van der Waals surface area (Å²) in [6.07, 6.45) is 2.46. The molecule has 1 amide bonds. The van der Waals surface area contributed by atoms with Crippen LogP contribution >= 0.6 is 0 Å². The molecule has 1 aliphatic carbocycles. The van der Waals surface area contributed by atoms with Crippen molar-refractivity contribution in [2.75, 3.05) is 26.8 Å². The first-order valence-corrected chi connectivity index (χ1v) is 14.5. The number of fused-ring (bicyclic) bond motifs is 1. The third kappa shape index (κ3) is 6.14. The quantitative estimate of drug-likeness (QED) is 0.171. The molecule has 2 fully saturated rings. The number of aromatic nitrogens is 2. The van der Waals surface area contributed by atoms with Gasteiger partial charge in [0.05, 0.1) is 29.9 Å². The number of amides is 1. The predicted octanol–water partition coefficient (Wildman–Crippen LogP) is 5.73. The zero-order valence-corrected chi connectivity index (χ0v) is 24.2. The minimum Gasteiger partial charge on any atom is -0.497 e. The summed E-state index contributed by atoms with van der Waals surface area (Å²) in [6, 6.07) is 16.1. The molecule has 2 aromatic carbocycles. The molecule has 44 heavy (non-hydrogen) atoms. The summed E-state index contributed by atoms with van der Waals surface area (Å²) in [5.74, 6) is 2.00. The van der Waals surface area contributed by atoms with Crippen molar-refractivity contribution in [3.05, 3.63) is 86.2 Å². The van der Waals surface area contributed by atoms with Gasteiger partial charge in [-0.1, -0.05) is 18.2 Å². The number of carboxylic acid groups (broad SMARTS) is 1. The fourth-order valence-corrected chi connectivity index (χ4v) is 5.58. The number of hydrogen-bond acceptors (Lipinski definition) is 8. The van der Waals surface area contributed by atoms with Gasteiger partial charge in [-0.05, 0) is 73.1 Å². The Morgan fingerprint density at radius 3 is 2.55 bits per heavy atom. The highest BCUT2D eigenvalue weighted by molar-refractivity contribution is 5.87. The molecule has 0 spiro atoms. The second-order valence-electron chi connectivity index (χ2n) is 11.2. The van der Waals surface area contributed by atoms with Crippen LogP contribution in [0.2, 0.25) is 0 Å². The molecule has 0 radical (unpaired) electrons. The predicted molar refractivity (Wildman–Crippen MR) is 162 cm³/mol. The number of likely N-dealkylation sites (tertiary alicyclic amines) is 1. The maximum Gasteiger partial charge on any atom is 0.407 e. The standard InChI is InChI=1S/C32H32N4O8/c1-42-22-11-9-20(10-12-22)18-44-28-6-2-5-27(43-17-19-7-8-19)29(28)25-14-23(21-4-3-13-35(16-21)32(38)39)24-15-26(36(40)41)31(37)34-30(24)33-25/h2,5-6,9-12,14-15,19,21H,3-4,7-8,13,16-18H2,1H3,(H,38,39)(H,33,34,37). The topological polar surface area (TPSA) is 157 Å². The van der Waals surface area contributed by atoms with E-state index >= 15 is 0 Å². The molecule has 1 saturated carbocycles. The Morgan fingerprint density at radius 2 is 1.86 bits per heavy atom. The van der Waals surface area contributed by atoms with Crippen LogP contribution in [0.4, 0.5) is 10.5 Å². The van der Waals surface area contributed by atoms with E-state index in [0.717, 1.165) is 24.2 Å². The molecule has 6 rings (SSSR count). The third-order valence-electron chi connectivity index (χ3n) is 8.13. The van der Waals surface area contributed by atoms with Gasteiger partial charge in [0, 0.05) is 30.5 Å². The number of H-pyrrole nitrogens is 1. The number of rotatable bonds is 10. The van der Waals surface area contributed by atoms with E-state index in [1.165, 1.54) is 11.0 Å². The van der Waals surface area contributed by atoms with Crippen molar-refractivity contribution in [3.8, 4) is 28.5 Å². The number of methoxy groups -OCH3 is 1. The average Bonchev–Trinajstić information content (AvgIpc) is 3.86. The maximum absolute atomic E-state index is 12.7. The summed E-state index contributed by atoms with van der Waals surface area (Å²) in [7, 11) is 1.60. The molecule has 1 unspecified atom stereocenters. The largest absolute Gasteiger partial charge is 0.497 e. The Kier molecular flexibility index (Phi) is 8.05. The number of nitrogens with one attached hydrogen (secondary N) is 1. The first kappa shape index (κ1) is 29.0. The van der Waals surface area contributed by atoms with Gasteiger partial charge in [0.25, 0.3) is 0 Å². The van der Waals surface area contributed by atoms with Crippen LogP contribution < -0.4 is 19.8 Å². The highest BCUT2D eigenvalue weighted by atomic mass is 16.6. The van der Waals surface area contributed by atoms with Crippen molar-refractivity contribution in [1.29, 1.82) is 0 Å². The Labute approximate surface area is 252 Å². The Morgan fingerprint density at radius 1 is 1.11 bits per heavy atom. The number of aromatic amines is 1. The second kappa shape index (κ2) is 12.2. The number of carbonyl (C=O) groups is 1. The van der Waals surface area contributed by atoms with Crippen molar-refractivity contribution in [2.45, 2.75) is 38.2 Å². The number of benzene rings is 2. The SMILES string of the molecule is COc1ccc(COc2cccc(OCC3CC3)c2-c2cc(C3CCCN(C(=O)O)C3)c3cc([N+](=O)[O-])c(=O)[nH]c3n2)cc1. The monoisotopic (exact) mass is 600 g/mol. The zero-order chi connectivity index (χ0) is 30.8. The number of nitrogens with zero attached hydrogens (tertiary/aromatic N) is 3. The molecular weight excluding hydrogens is 568 g/mol.